The Bertz CT molecular complexity index is 1140. The summed E-state index contributed by atoms with van der Waals surface area (Å²) in [5.41, 5.74) is 11.7. The van der Waals surface area contributed by atoms with Crippen molar-refractivity contribution in [3.63, 3.8) is 0 Å². The van der Waals surface area contributed by atoms with Gasteiger partial charge in [-0.1, -0.05) is 48.9 Å². The zero-order valence-corrected chi connectivity index (χ0v) is 18.7. The highest BCUT2D eigenvalue weighted by Gasteiger charge is 2.45. The summed E-state index contributed by atoms with van der Waals surface area (Å²) in [7, 11) is 0. The number of aliphatic imine (C=N–C) groups is 3. The van der Waals surface area contributed by atoms with Gasteiger partial charge in [0, 0.05) is 19.0 Å². The number of nitrogens with two attached hydrogens (primary N) is 1. The van der Waals surface area contributed by atoms with Gasteiger partial charge in [0.05, 0.1) is 17.7 Å². The number of para-hydroxylation sites is 1. The van der Waals surface area contributed by atoms with Gasteiger partial charge in [0.2, 0.25) is 5.79 Å². The molecule has 8 heteroatoms. The number of hydrogen-bond acceptors (Lipinski definition) is 6. The first kappa shape index (κ1) is 21.2. The van der Waals surface area contributed by atoms with Crippen molar-refractivity contribution >= 4 is 23.3 Å². The van der Waals surface area contributed by atoms with Crippen LogP contribution in [0.2, 0.25) is 0 Å². The molecule has 2 aromatic rings. The van der Waals surface area contributed by atoms with Gasteiger partial charge >= 0.3 is 0 Å². The molecule has 3 N–H and O–H groups in total. The number of hydrazine groups is 1. The van der Waals surface area contributed by atoms with E-state index in [1.165, 1.54) is 24.3 Å². The van der Waals surface area contributed by atoms with E-state index >= 15 is 0 Å². The van der Waals surface area contributed by atoms with Crippen LogP contribution in [0.4, 0.5) is 0 Å². The average molecular weight is 445 g/mol. The molecule has 1 aliphatic carbocycles. The number of carbonyl (C=O) groups excluding carboxylic acids is 1. The number of ether oxygens (including phenoxy) is 1. The van der Waals surface area contributed by atoms with Gasteiger partial charge in [-0.3, -0.25) is 15.2 Å². The van der Waals surface area contributed by atoms with Gasteiger partial charge in [0.25, 0.3) is 5.91 Å². The molecule has 1 atom stereocenters. The van der Waals surface area contributed by atoms with Gasteiger partial charge in [0.15, 0.2) is 5.84 Å². The van der Waals surface area contributed by atoms with Crippen molar-refractivity contribution in [1.82, 2.24) is 10.4 Å². The fourth-order valence-corrected chi connectivity index (χ4v) is 4.23. The number of amides is 1. The number of benzene rings is 2. The van der Waals surface area contributed by atoms with E-state index in [-0.39, 0.29) is 18.9 Å². The van der Waals surface area contributed by atoms with E-state index in [0.29, 0.717) is 29.1 Å². The van der Waals surface area contributed by atoms with Crippen LogP contribution in [-0.2, 0) is 4.79 Å². The highest BCUT2D eigenvalue weighted by atomic mass is 16.5. The van der Waals surface area contributed by atoms with Crippen molar-refractivity contribution in [2.24, 2.45) is 26.6 Å². The van der Waals surface area contributed by atoms with Crippen molar-refractivity contribution in [2.75, 3.05) is 13.2 Å². The Labute approximate surface area is 193 Å². The fourth-order valence-electron chi connectivity index (χ4n) is 4.23. The molecular weight excluding hydrogens is 416 g/mol. The van der Waals surface area contributed by atoms with Crippen molar-refractivity contribution in [1.29, 1.82) is 0 Å². The number of rotatable bonds is 7. The third-order valence-electron chi connectivity index (χ3n) is 6.29. The fraction of sp³-hybridized carbons (Fsp3) is 0.360. The third kappa shape index (κ3) is 4.33. The summed E-state index contributed by atoms with van der Waals surface area (Å²) < 4.78 is 6.07. The zero-order valence-electron chi connectivity index (χ0n) is 18.7. The second-order valence-corrected chi connectivity index (χ2v) is 8.80. The Hall–Kier alpha value is -3.68. The minimum absolute atomic E-state index is 0.101. The predicted molar refractivity (Wildman–Crippen MR) is 128 cm³/mol. The highest BCUT2D eigenvalue weighted by molar-refractivity contribution is 6.08. The van der Waals surface area contributed by atoms with Crippen LogP contribution < -0.4 is 15.9 Å². The van der Waals surface area contributed by atoms with Crippen molar-refractivity contribution in [3.8, 4) is 5.75 Å². The Morgan fingerprint density at radius 1 is 1.18 bits per heavy atom. The van der Waals surface area contributed by atoms with E-state index in [1.54, 1.807) is 0 Å². The molecule has 2 heterocycles. The van der Waals surface area contributed by atoms with Crippen LogP contribution in [0.25, 0.3) is 0 Å². The molecule has 0 radical (unpaired) electrons. The molecule has 0 aromatic heterocycles. The summed E-state index contributed by atoms with van der Waals surface area (Å²) in [5, 5.41) is 1.48. The lowest BCUT2D eigenvalue weighted by molar-refractivity contribution is -0.137. The third-order valence-corrected chi connectivity index (χ3v) is 6.29. The Balaban J connectivity index is 1.32. The molecule has 3 aliphatic rings. The Morgan fingerprint density at radius 3 is 2.70 bits per heavy atom. The van der Waals surface area contributed by atoms with E-state index in [9.17, 15) is 4.79 Å². The summed E-state index contributed by atoms with van der Waals surface area (Å²) in [4.78, 5) is 26.9. The van der Waals surface area contributed by atoms with E-state index in [2.05, 4.69) is 10.4 Å². The topological polar surface area (TPSA) is 105 Å². The minimum atomic E-state index is -1.04. The molecule has 1 amide bonds. The zero-order chi connectivity index (χ0) is 22.8. The van der Waals surface area contributed by atoms with Crippen LogP contribution in [-0.4, -0.2) is 47.2 Å². The molecule has 0 bridgehead atoms. The van der Waals surface area contributed by atoms with Crippen molar-refractivity contribution in [3.05, 3.63) is 65.7 Å². The normalized spacial score (nSPS) is 22.8. The molecule has 2 aromatic carbocycles. The van der Waals surface area contributed by atoms with Gasteiger partial charge < -0.3 is 10.5 Å². The number of nitrogens with zero attached hydrogens (tertiary/aromatic N) is 4. The average Bonchev–Trinajstić information content (AvgIpc) is 3.15. The smallest absolute Gasteiger partial charge is 0.250 e. The molecule has 8 nitrogen and oxygen atoms in total. The lowest BCUT2D eigenvalue weighted by atomic mass is 9.86. The molecule has 2 aliphatic heterocycles. The van der Waals surface area contributed by atoms with Crippen LogP contribution in [0.15, 0.2) is 69.6 Å². The minimum Gasteiger partial charge on any atom is -0.487 e. The molecule has 33 heavy (non-hydrogen) atoms. The van der Waals surface area contributed by atoms with Crippen LogP contribution >= 0.6 is 0 Å². The van der Waals surface area contributed by atoms with Gasteiger partial charge in [-0.25, -0.2) is 15.0 Å². The predicted octanol–water partition coefficient (Wildman–Crippen LogP) is 2.88. The number of fused-ring (bicyclic) bond motifs is 1. The molecule has 170 valence electrons. The first-order chi connectivity index (χ1) is 16.0. The summed E-state index contributed by atoms with van der Waals surface area (Å²) in [5.74, 6) is 1.24. The maximum Gasteiger partial charge on any atom is 0.250 e. The van der Waals surface area contributed by atoms with Gasteiger partial charge in [0.1, 0.15) is 18.2 Å². The summed E-state index contributed by atoms with van der Waals surface area (Å²) in [6.07, 6.45) is 3.89. The molecular formula is C25H28N6O2. The van der Waals surface area contributed by atoms with Crippen LogP contribution in [0.5, 0.6) is 5.75 Å². The quantitative estimate of drug-likeness (QED) is 0.506. The first-order valence-corrected chi connectivity index (χ1v) is 11.4. The van der Waals surface area contributed by atoms with Crippen LogP contribution in [0, 0.1) is 5.92 Å². The number of hydrogen-bond donors (Lipinski definition) is 2. The molecule has 1 fully saturated rings. The highest BCUT2D eigenvalue weighted by Crippen LogP contribution is 2.29. The van der Waals surface area contributed by atoms with E-state index in [0.717, 1.165) is 17.7 Å². The second kappa shape index (κ2) is 8.69. The monoisotopic (exact) mass is 444 g/mol. The van der Waals surface area contributed by atoms with E-state index in [4.69, 9.17) is 20.5 Å². The van der Waals surface area contributed by atoms with Crippen LogP contribution in [0.3, 0.4) is 0 Å². The summed E-state index contributed by atoms with van der Waals surface area (Å²) >= 11 is 0. The van der Waals surface area contributed by atoms with Crippen molar-refractivity contribution < 1.29 is 9.53 Å². The molecule has 1 unspecified atom stereocenters. The summed E-state index contributed by atoms with van der Waals surface area (Å²) in [6, 6.07) is 17.3. The lowest BCUT2D eigenvalue weighted by Gasteiger charge is -2.33. The maximum absolute atomic E-state index is 12.9. The van der Waals surface area contributed by atoms with Gasteiger partial charge in [-0.15, -0.1) is 0 Å². The molecule has 5 rings (SSSR count). The second-order valence-electron chi connectivity index (χ2n) is 8.80. The number of nitrogens with one attached hydrogen (secondary N) is 1. The Morgan fingerprint density at radius 2 is 1.94 bits per heavy atom. The lowest BCUT2D eigenvalue weighted by Crippen LogP contribution is -2.54. The van der Waals surface area contributed by atoms with Crippen molar-refractivity contribution in [2.45, 2.75) is 38.4 Å². The molecule has 0 saturated heterocycles. The van der Waals surface area contributed by atoms with Crippen LogP contribution in [0.1, 0.15) is 43.7 Å². The van der Waals surface area contributed by atoms with E-state index in [1.807, 2.05) is 61.5 Å². The van der Waals surface area contributed by atoms with Gasteiger partial charge in [-0.2, -0.15) is 0 Å². The molecule has 0 spiro atoms. The Kier molecular flexibility index (Phi) is 5.58. The SMILES string of the molecule is CC12N=C(COc3ccccc3C(N)=NCC3CCC3)CC(=O)N1NC(c1ccccc1)=N2. The molecule has 1 saturated carbocycles. The summed E-state index contributed by atoms with van der Waals surface area (Å²) in [6.45, 7) is 2.74. The van der Waals surface area contributed by atoms with E-state index < -0.39 is 5.79 Å². The van der Waals surface area contributed by atoms with Gasteiger partial charge in [-0.05, 0) is 30.9 Å². The largest absolute Gasteiger partial charge is 0.487 e. The number of amidine groups is 2. The standard InChI is InChI=1S/C25H28N6O2/c1-25-28-19(14-22(32)31(25)30-24(29-25)18-10-3-2-4-11-18)16-33-21-13-6-5-12-20(21)23(26)27-15-17-8-7-9-17/h2-6,10-13,17H,7-9,14-16H2,1H3,(H2,26,27)(H,29,30). The number of carbonyl (C=O) groups is 1. The first-order valence-electron chi connectivity index (χ1n) is 11.4. The maximum atomic E-state index is 12.9.